The molecule has 0 aliphatic heterocycles. The molecule has 0 heterocycles. The van der Waals surface area contributed by atoms with E-state index in [1.54, 1.807) is 18.2 Å². The number of hydrogen-bond donors (Lipinski definition) is 2. The molecule has 3 aromatic carbocycles. The number of aromatic hydroxyl groups is 1. The first-order valence-corrected chi connectivity index (χ1v) is 10.8. The summed E-state index contributed by atoms with van der Waals surface area (Å²) in [5.74, 6) is -0.470. The van der Waals surface area contributed by atoms with Crippen LogP contribution in [0, 0.1) is 0 Å². The van der Waals surface area contributed by atoms with Crippen molar-refractivity contribution in [1.82, 2.24) is 0 Å². The third-order valence-electron chi connectivity index (χ3n) is 4.93. The Balaban J connectivity index is 2.29. The Bertz CT molecular complexity index is 1010. The van der Waals surface area contributed by atoms with E-state index < -0.39 is 17.6 Å². The van der Waals surface area contributed by atoms with Gasteiger partial charge in [0.1, 0.15) is 5.75 Å². The van der Waals surface area contributed by atoms with E-state index in [2.05, 4.69) is 21.2 Å². The highest BCUT2D eigenvalue weighted by Crippen LogP contribution is 2.44. The Hall–Kier alpha value is -2.83. The Labute approximate surface area is 191 Å². The summed E-state index contributed by atoms with van der Waals surface area (Å²) in [5, 5.41) is 13.8. The van der Waals surface area contributed by atoms with Crippen molar-refractivity contribution in [3.63, 3.8) is 0 Å². The first-order chi connectivity index (χ1) is 14.9. The smallest absolute Gasteiger partial charge is 0.345 e. The van der Waals surface area contributed by atoms with Crippen LogP contribution in [-0.4, -0.2) is 24.3 Å². The second-order valence-electron chi connectivity index (χ2n) is 7.41. The molecule has 0 saturated carbocycles. The first kappa shape index (κ1) is 22.8. The number of benzene rings is 3. The molecular formula is C25H26BrNO4. The molecule has 0 aromatic heterocycles. The van der Waals surface area contributed by atoms with Crippen LogP contribution in [0.1, 0.15) is 31.0 Å². The van der Waals surface area contributed by atoms with Crippen molar-refractivity contribution in [2.45, 2.75) is 31.6 Å². The molecule has 3 aromatic rings. The van der Waals surface area contributed by atoms with Gasteiger partial charge in [0.2, 0.25) is 5.60 Å². The Kier molecular flexibility index (Phi) is 7.36. The lowest BCUT2D eigenvalue weighted by Crippen LogP contribution is -2.49. The maximum atomic E-state index is 13.5. The first-order valence-electron chi connectivity index (χ1n) is 10.00. The fraction of sp³-hybridized carbons (Fsp3) is 0.240. The molecule has 162 valence electrons. The predicted octanol–water partition coefficient (Wildman–Crippen LogP) is 5.80. The van der Waals surface area contributed by atoms with Gasteiger partial charge in [-0.2, -0.15) is 0 Å². The highest BCUT2D eigenvalue weighted by molar-refractivity contribution is 9.10. The molecule has 0 fully saturated rings. The minimum Gasteiger partial charge on any atom is -0.506 e. The summed E-state index contributed by atoms with van der Waals surface area (Å²) in [6, 6.07) is 23.1. The number of para-hydroxylation sites is 2. The zero-order chi connectivity index (χ0) is 22.4. The molecule has 0 aliphatic carbocycles. The number of halogens is 1. The molecule has 2 N–H and O–H groups in total. The van der Waals surface area contributed by atoms with Crippen molar-refractivity contribution in [2.24, 2.45) is 0 Å². The maximum Gasteiger partial charge on any atom is 0.345 e. The standard InChI is InChI=1S/C25H26BrNO4/c1-17(2)31-25(24(29)30-3,19-13-15-20(26)16-14-19)23(18-9-5-4-6-10-18)27-21-11-7-8-12-22(21)28/h4-17,23,27-28H,1-3H3/t23-,25-/m0/s1. The second-order valence-corrected chi connectivity index (χ2v) is 8.32. The quantitative estimate of drug-likeness (QED) is 0.313. The molecule has 0 bridgehead atoms. The number of hydrogen-bond acceptors (Lipinski definition) is 5. The van der Waals surface area contributed by atoms with Gasteiger partial charge in [0.15, 0.2) is 0 Å². The average molecular weight is 484 g/mol. The molecule has 0 saturated heterocycles. The lowest BCUT2D eigenvalue weighted by molar-refractivity contribution is -0.181. The monoisotopic (exact) mass is 483 g/mol. The van der Waals surface area contributed by atoms with Gasteiger partial charge in [0.05, 0.1) is 24.9 Å². The largest absolute Gasteiger partial charge is 0.506 e. The molecule has 5 nitrogen and oxygen atoms in total. The molecule has 0 unspecified atom stereocenters. The van der Waals surface area contributed by atoms with Gasteiger partial charge in [-0.05, 0) is 49.2 Å². The number of phenolic OH excluding ortho intramolecular Hbond substituents is 1. The molecule has 31 heavy (non-hydrogen) atoms. The summed E-state index contributed by atoms with van der Waals surface area (Å²) >= 11 is 3.46. The van der Waals surface area contributed by atoms with Crippen molar-refractivity contribution >= 4 is 27.6 Å². The van der Waals surface area contributed by atoms with Crippen LogP contribution in [0.3, 0.4) is 0 Å². The molecule has 0 aliphatic rings. The number of rotatable bonds is 8. The van der Waals surface area contributed by atoms with Crippen molar-refractivity contribution in [3.05, 3.63) is 94.5 Å². The Morgan fingerprint density at radius 2 is 1.58 bits per heavy atom. The number of carbonyl (C=O) groups is 1. The number of nitrogens with one attached hydrogen (secondary N) is 1. The normalized spacial score (nSPS) is 14.0. The van der Waals surface area contributed by atoms with E-state index in [0.717, 1.165) is 10.0 Å². The fourth-order valence-corrected chi connectivity index (χ4v) is 3.89. The molecule has 0 radical (unpaired) electrons. The van der Waals surface area contributed by atoms with Gasteiger partial charge in [-0.15, -0.1) is 0 Å². The second kappa shape index (κ2) is 9.98. The summed E-state index contributed by atoms with van der Waals surface area (Å²) < 4.78 is 12.6. The number of methoxy groups -OCH3 is 1. The zero-order valence-corrected chi connectivity index (χ0v) is 19.3. The maximum absolute atomic E-state index is 13.5. The highest BCUT2D eigenvalue weighted by Gasteiger charge is 2.51. The molecule has 2 atom stereocenters. The summed E-state index contributed by atoms with van der Waals surface area (Å²) in [4.78, 5) is 13.5. The predicted molar refractivity (Wildman–Crippen MR) is 125 cm³/mol. The van der Waals surface area contributed by atoms with E-state index in [-0.39, 0.29) is 11.9 Å². The van der Waals surface area contributed by atoms with Gasteiger partial charge in [-0.3, -0.25) is 0 Å². The average Bonchev–Trinajstić information content (AvgIpc) is 2.77. The highest BCUT2D eigenvalue weighted by atomic mass is 79.9. The van der Waals surface area contributed by atoms with Gasteiger partial charge >= 0.3 is 5.97 Å². The van der Waals surface area contributed by atoms with Gasteiger partial charge in [0.25, 0.3) is 0 Å². The van der Waals surface area contributed by atoms with E-state index in [1.165, 1.54) is 7.11 Å². The van der Waals surface area contributed by atoms with Crippen LogP contribution in [0.25, 0.3) is 0 Å². The van der Waals surface area contributed by atoms with Crippen molar-refractivity contribution in [3.8, 4) is 5.75 Å². The molecule has 0 spiro atoms. The molecular weight excluding hydrogens is 458 g/mol. The Morgan fingerprint density at radius 3 is 2.16 bits per heavy atom. The minimum atomic E-state index is -1.52. The minimum absolute atomic E-state index is 0.0718. The summed E-state index contributed by atoms with van der Waals surface area (Å²) in [5.41, 5.74) is 0.398. The van der Waals surface area contributed by atoms with Crippen molar-refractivity contribution < 1.29 is 19.4 Å². The van der Waals surface area contributed by atoms with Crippen LogP contribution < -0.4 is 5.32 Å². The van der Waals surface area contributed by atoms with Gasteiger partial charge in [0, 0.05) is 4.47 Å². The number of ether oxygens (including phenoxy) is 2. The third kappa shape index (κ3) is 4.92. The fourth-order valence-electron chi connectivity index (χ4n) is 3.62. The lowest BCUT2D eigenvalue weighted by Gasteiger charge is -2.41. The van der Waals surface area contributed by atoms with Gasteiger partial charge < -0.3 is 19.9 Å². The van der Waals surface area contributed by atoms with E-state index in [1.807, 2.05) is 74.5 Å². The number of anilines is 1. The van der Waals surface area contributed by atoms with Crippen LogP contribution in [0.15, 0.2) is 83.3 Å². The van der Waals surface area contributed by atoms with Gasteiger partial charge in [-0.1, -0.05) is 70.5 Å². The van der Waals surface area contributed by atoms with Crippen molar-refractivity contribution in [1.29, 1.82) is 0 Å². The summed E-state index contributed by atoms with van der Waals surface area (Å²) in [6.07, 6.45) is -0.292. The van der Waals surface area contributed by atoms with E-state index >= 15 is 0 Å². The van der Waals surface area contributed by atoms with Crippen LogP contribution in [-0.2, 0) is 19.9 Å². The van der Waals surface area contributed by atoms with Crippen LogP contribution in [0.5, 0.6) is 5.75 Å². The Morgan fingerprint density at radius 1 is 0.968 bits per heavy atom. The van der Waals surface area contributed by atoms with E-state index in [0.29, 0.717) is 11.3 Å². The number of esters is 1. The molecule has 6 heteroatoms. The zero-order valence-electron chi connectivity index (χ0n) is 17.7. The number of phenols is 1. The van der Waals surface area contributed by atoms with Crippen LogP contribution >= 0.6 is 15.9 Å². The molecule has 3 rings (SSSR count). The SMILES string of the molecule is COC(=O)[C@](OC(C)C)(c1ccc(Br)cc1)[C@@H](Nc1ccccc1O)c1ccccc1. The number of carbonyl (C=O) groups excluding carboxylic acids is 1. The van der Waals surface area contributed by atoms with Gasteiger partial charge in [-0.25, -0.2) is 4.79 Å². The topological polar surface area (TPSA) is 67.8 Å². The van der Waals surface area contributed by atoms with E-state index in [4.69, 9.17) is 9.47 Å². The van der Waals surface area contributed by atoms with E-state index in [9.17, 15) is 9.90 Å². The third-order valence-corrected chi connectivity index (χ3v) is 5.46. The lowest BCUT2D eigenvalue weighted by atomic mass is 9.81. The molecule has 0 amide bonds. The van der Waals surface area contributed by atoms with Crippen LogP contribution in [0.4, 0.5) is 5.69 Å². The van der Waals surface area contributed by atoms with Crippen molar-refractivity contribution in [2.75, 3.05) is 12.4 Å². The van der Waals surface area contributed by atoms with Crippen LogP contribution in [0.2, 0.25) is 0 Å². The summed E-state index contributed by atoms with van der Waals surface area (Å²) in [6.45, 7) is 3.75. The summed E-state index contributed by atoms with van der Waals surface area (Å²) in [7, 11) is 1.35.